The first kappa shape index (κ1) is 10.8. The van der Waals surface area contributed by atoms with Crippen molar-refractivity contribution in [2.45, 2.75) is 31.5 Å². The minimum absolute atomic E-state index is 0.113. The van der Waals surface area contributed by atoms with Gasteiger partial charge in [0.05, 0.1) is 6.10 Å². The molecule has 1 fully saturated rings. The van der Waals surface area contributed by atoms with Crippen molar-refractivity contribution in [2.75, 3.05) is 13.2 Å². The van der Waals surface area contributed by atoms with Gasteiger partial charge in [0, 0.05) is 0 Å². The van der Waals surface area contributed by atoms with E-state index in [1.165, 1.54) is 0 Å². The smallest absolute Gasteiger partial charge is 0.368 e. The van der Waals surface area contributed by atoms with Crippen molar-refractivity contribution in [1.82, 2.24) is 0 Å². The van der Waals surface area contributed by atoms with Gasteiger partial charge in [-0.05, 0) is 25.3 Å². The molecular formula is C8H14F3NO. The Morgan fingerprint density at radius 1 is 1.31 bits per heavy atom. The number of alkyl halides is 3. The Morgan fingerprint density at radius 2 is 2.00 bits per heavy atom. The van der Waals surface area contributed by atoms with Crippen molar-refractivity contribution in [3.63, 3.8) is 0 Å². The molecule has 5 heteroatoms. The second-order valence-corrected chi connectivity index (χ2v) is 3.39. The molecule has 1 aliphatic carbocycles. The van der Waals surface area contributed by atoms with Crippen molar-refractivity contribution in [1.29, 1.82) is 0 Å². The first-order valence-electron chi connectivity index (χ1n) is 4.41. The number of hydrogen-bond donors (Lipinski definition) is 1. The molecular weight excluding hydrogens is 183 g/mol. The van der Waals surface area contributed by atoms with Crippen molar-refractivity contribution in [2.24, 2.45) is 11.7 Å². The molecule has 0 bridgehead atoms. The first-order valence-corrected chi connectivity index (χ1v) is 4.41. The van der Waals surface area contributed by atoms with E-state index < -0.39 is 12.8 Å². The fourth-order valence-corrected chi connectivity index (χ4v) is 1.69. The summed E-state index contributed by atoms with van der Waals surface area (Å²) in [5, 5.41) is 0. The van der Waals surface area contributed by atoms with E-state index in [1.54, 1.807) is 0 Å². The normalized spacial score (nSPS) is 29.5. The van der Waals surface area contributed by atoms with Gasteiger partial charge in [-0.2, -0.15) is 13.2 Å². The zero-order chi connectivity index (χ0) is 9.90. The predicted octanol–water partition coefficient (Wildman–Crippen LogP) is 1.69. The van der Waals surface area contributed by atoms with Crippen molar-refractivity contribution < 1.29 is 17.9 Å². The monoisotopic (exact) mass is 197 g/mol. The largest absolute Gasteiger partial charge is 0.411 e. The van der Waals surface area contributed by atoms with E-state index in [2.05, 4.69) is 0 Å². The molecule has 0 aliphatic heterocycles. The summed E-state index contributed by atoms with van der Waals surface area (Å²) < 4.78 is 40.1. The molecule has 2 unspecified atom stereocenters. The van der Waals surface area contributed by atoms with E-state index in [0.29, 0.717) is 13.0 Å². The van der Waals surface area contributed by atoms with E-state index in [9.17, 15) is 13.2 Å². The highest BCUT2D eigenvalue weighted by Crippen LogP contribution is 2.28. The molecule has 1 saturated carbocycles. The fourth-order valence-electron chi connectivity index (χ4n) is 1.69. The van der Waals surface area contributed by atoms with Gasteiger partial charge in [0.2, 0.25) is 0 Å². The topological polar surface area (TPSA) is 35.2 Å². The van der Waals surface area contributed by atoms with Gasteiger partial charge in [-0.15, -0.1) is 0 Å². The predicted molar refractivity (Wildman–Crippen MR) is 42.2 cm³/mol. The van der Waals surface area contributed by atoms with Crippen LogP contribution >= 0.6 is 0 Å². The van der Waals surface area contributed by atoms with Crippen LogP contribution in [0.4, 0.5) is 13.2 Å². The Kier molecular flexibility index (Phi) is 3.55. The van der Waals surface area contributed by atoms with Crippen molar-refractivity contribution in [3.05, 3.63) is 0 Å². The van der Waals surface area contributed by atoms with Gasteiger partial charge < -0.3 is 10.5 Å². The molecule has 0 saturated heterocycles. The van der Waals surface area contributed by atoms with Crippen LogP contribution in [0.3, 0.4) is 0 Å². The maximum atomic E-state index is 11.8. The van der Waals surface area contributed by atoms with E-state index in [4.69, 9.17) is 10.5 Å². The van der Waals surface area contributed by atoms with Crippen LogP contribution in [0.5, 0.6) is 0 Å². The van der Waals surface area contributed by atoms with Gasteiger partial charge >= 0.3 is 6.18 Å². The van der Waals surface area contributed by atoms with E-state index in [1.807, 2.05) is 0 Å². The lowest BCUT2D eigenvalue weighted by Gasteiger charge is -2.19. The van der Waals surface area contributed by atoms with Crippen LogP contribution in [0.1, 0.15) is 19.3 Å². The van der Waals surface area contributed by atoms with Crippen LogP contribution in [0.15, 0.2) is 0 Å². The third-order valence-corrected chi connectivity index (χ3v) is 2.35. The van der Waals surface area contributed by atoms with Crippen LogP contribution in [0, 0.1) is 5.92 Å². The molecule has 1 rings (SSSR count). The molecule has 0 amide bonds. The minimum atomic E-state index is -4.22. The van der Waals surface area contributed by atoms with E-state index in [-0.39, 0.29) is 12.0 Å². The molecule has 78 valence electrons. The molecule has 2 nitrogen and oxygen atoms in total. The summed E-state index contributed by atoms with van der Waals surface area (Å²) in [4.78, 5) is 0. The molecule has 0 heterocycles. The van der Waals surface area contributed by atoms with Crippen LogP contribution in [0.2, 0.25) is 0 Å². The number of halogens is 3. The molecule has 0 aromatic carbocycles. The second-order valence-electron chi connectivity index (χ2n) is 3.39. The summed E-state index contributed by atoms with van der Waals surface area (Å²) in [5.41, 5.74) is 5.40. The summed E-state index contributed by atoms with van der Waals surface area (Å²) in [6.07, 6.45) is -1.99. The van der Waals surface area contributed by atoms with Crippen molar-refractivity contribution >= 4 is 0 Å². The average Bonchev–Trinajstić information content (AvgIpc) is 2.46. The van der Waals surface area contributed by atoms with Crippen LogP contribution in [-0.4, -0.2) is 25.4 Å². The molecule has 1 aliphatic rings. The van der Waals surface area contributed by atoms with Crippen LogP contribution < -0.4 is 5.73 Å². The Hall–Kier alpha value is -0.290. The zero-order valence-electron chi connectivity index (χ0n) is 7.31. The van der Waals surface area contributed by atoms with E-state index >= 15 is 0 Å². The summed E-state index contributed by atoms with van der Waals surface area (Å²) in [6.45, 7) is -0.726. The second kappa shape index (κ2) is 4.28. The zero-order valence-corrected chi connectivity index (χ0v) is 7.31. The molecule has 0 radical (unpaired) electrons. The first-order chi connectivity index (χ1) is 6.03. The Morgan fingerprint density at radius 3 is 2.54 bits per heavy atom. The van der Waals surface area contributed by atoms with Gasteiger partial charge in [0.15, 0.2) is 0 Å². The Bertz CT molecular complexity index is 160. The molecule has 0 aromatic heterocycles. The average molecular weight is 197 g/mol. The number of rotatable bonds is 3. The lowest BCUT2D eigenvalue weighted by molar-refractivity contribution is -0.188. The molecule has 2 atom stereocenters. The van der Waals surface area contributed by atoms with Gasteiger partial charge in [0.25, 0.3) is 0 Å². The van der Waals surface area contributed by atoms with Gasteiger partial charge in [-0.1, -0.05) is 6.42 Å². The maximum absolute atomic E-state index is 11.8. The van der Waals surface area contributed by atoms with Crippen molar-refractivity contribution in [3.8, 4) is 0 Å². The third-order valence-electron chi connectivity index (χ3n) is 2.35. The molecule has 13 heavy (non-hydrogen) atoms. The molecule has 2 N–H and O–H groups in total. The van der Waals surface area contributed by atoms with E-state index in [0.717, 1.165) is 12.8 Å². The van der Waals surface area contributed by atoms with Gasteiger partial charge in [0.1, 0.15) is 6.61 Å². The number of nitrogens with two attached hydrogens (primary N) is 1. The van der Waals surface area contributed by atoms with Crippen LogP contribution in [-0.2, 0) is 4.74 Å². The molecule has 0 aromatic rings. The lowest BCUT2D eigenvalue weighted by atomic mass is 10.1. The maximum Gasteiger partial charge on any atom is 0.411 e. The Balaban J connectivity index is 2.28. The highest BCUT2D eigenvalue weighted by molar-refractivity contribution is 4.78. The minimum Gasteiger partial charge on any atom is -0.368 e. The molecule has 0 spiro atoms. The van der Waals surface area contributed by atoms with Gasteiger partial charge in [-0.3, -0.25) is 0 Å². The quantitative estimate of drug-likeness (QED) is 0.747. The number of ether oxygens (including phenoxy) is 1. The highest BCUT2D eigenvalue weighted by Gasteiger charge is 2.33. The summed E-state index contributed by atoms with van der Waals surface area (Å²) in [6, 6.07) is 0. The Labute approximate surface area is 75.2 Å². The highest BCUT2D eigenvalue weighted by atomic mass is 19.4. The lowest BCUT2D eigenvalue weighted by Crippen LogP contribution is -2.29. The SMILES string of the molecule is NCC1CCCC1OCC(F)(F)F. The summed E-state index contributed by atoms with van der Waals surface area (Å²) >= 11 is 0. The van der Waals surface area contributed by atoms with Crippen LogP contribution in [0.25, 0.3) is 0 Å². The fraction of sp³-hybridized carbons (Fsp3) is 1.00. The third kappa shape index (κ3) is 3.52. The number of hydrogen-bond acceptors (Lipinski definition) is 2. The summed E-state index contributed by atoms with van der Waals surface area (Å²) in [5.74, 6) is 0.113. The summed E-state index contributed by atoms with van der Waals surface area (Å²) in [7, 11) is 0. The van der Waals surface area contributed by atoms with Gasteiger partial charge in [-0.25, -0.2) is 0 Å². The standard InChI is InChI=1S/C8H14F3NO/c9-8(10,11)5-13-7-3-1-2-6(7)4-12/h6-7H,1-5,12H2.